The zero-order valence-corrected chi connectivity index (χ0v) is 11.5. The monoisotopic (exact) mass is 241 g/mol. The summed E-state index contributed by atoms with van der Waals surface area (Å²) in [5.74, 6) is 0.787. The summed E-state index contributed by atoms with van der Waals surface area (Å²) >= 11 is 0. The van der Waals surface area contributed by atoms with Crippen molar-refractivity contribution in [2.24, 2.45) is 5.92 Å². The van der Waals surface area contributed by atoms with E-state index in [1.807, 2.05) is 0 Å². The average molecular weight is 241 g/mol. The maximum Gasteiger partial charge on any atom is 0.306 e. The highest BCUT2D eigenvalue weighted by Crippen LogP contribution is 2.25. The number of nitrogens with one attached hydrogen (secondary N) is 1. The summed E-state index contributed by atoms with van der Waals surface area (Å²) in [6.45, 7) is 7.40. The topological polar surface area (TPSA) is 38.3 Å². The van der Waals surface area contributed by atoms with Crippen LogP contribution in [0.5, 0.6) is 0 Å². The van der Waals surface area contributed by atoms with Crippen molar-refractivity contribution < 1.29 is 9.53 Å². The predicted octanol–water partition coefficient (Wildman–Crippen LogP) is 2.89. The maximum atomic E-state index is 11.6. The van der Waals surface area contributed by atoms with E-state index in [9.17, 15) is 4.79 Å². The highest BCUT2D eigenvalue weighted by Gasteiger charge is 2.21. The van der Waals surface area contributed by atoms with Gasteiger partial charge < -0.3 is 10.1 Å². The van der Waals surface area contributed by atoms with E-state index in [4.69, 9.17) is 4.74 Å². The summed E-state index contributed by atoms with van der Waals surface area (Å²) in [7, 11) is 0. The van der Waals surface area contributed by atoms with Crippen molar-refractivity contribution in [1.82, 2.24) is 5.32 Å². The molecule has 17 heavy (non-hydrogen) atoms. The largest absolute Gasteiger partial charge is 0.462 e. The van der Waals surface area contributed by atoms with Crippen LogP contribution >= 0.6 is 0 Å². The van der Waals surface area contributed by atoms with Gasteiger partial charge in [-0.3, -0.25) is 4.79 Å². The fourth-order valence-corrected chi connectivity index (χ4v) is 2.22. The minimum absolute atomic E-state index is 0.0184. The number of carbonyl (C=O) groups is 1. The van der Waals surface area contributed by atoms with E-state index in [0.29, 0.717) is 12.5 Å². The van der Waals surface area contributed by atoms with E-state index in [-0.39, 0.29) is 12.1 Å². The predicted molar refractivity (Wildman–Crippen MR) is 69.9 cm³/mol. The van der Waals surface area contributed by atoms with Gasteiger partial charge in [-0.05, 0) is 44.6 Å². The van der Waals surface area contributed by atoms with Gasteiger partial charge in [0.15, 0.2) is 0 Å². The Morgan fingerprint density at radius 1 is 1.29 bits per heavy atom. The summed E-state index contributed by atoms with van der Waals surface area (Å²) in [4.78, 5) is 11.6. The lowest BCUT2D eigenvalue weighted by Gasteiger charge is -2.26. The van der Waals surface area contributed by atoms with Crippen molar-refractivity contribution in [3.63, 3.8) is 0 Å². The molecule has 0 aromatic heterocycles. The molecule has 1 rings (SSSR count). The van der Waals surface area contributed by atoms with Gasteiger partial charge in [-0.25, -0.2) is 0 Å². The standard InChI is InChI=1S/C14H27NO2/c1-11(2)15-10-4-5-14(16)17-13-8-6-12(3)7-9-13/h11-13,15H,4-10H2,1-3H3. The molecule has 1 aliphatic rings. The average Bonchev–Trinajstić information content (AvgIpc) is 2.27. The van der Waals surface area contributed by atoms with E-state index in [0.717, 1.165) is 31.7 Å². The zero-order valence-electron chi connectivity index (χ0n) is 11.5. The van der Waals surface area contributed by atoms with Gasteiger partial charge in [0.2, 0.25) is 0 Å². The maximum absolute atomic E-state index is 11.6. The number of ether oxygens (including phenoxy) is 1. The molecule has 3 heteroatoms. The van der Waals surface area contributed by atoms with Crippen molar-refractivity contribution in [3.8, 4) is 0 Å². The number of carbonyl (C=O) groups excluding carboxylic acids is 1. The quantitative estimate of drug-likeness (QED) is 0.574. The minimum Gasteiger partial charge on any atom is -0.462 e. The van der Waals surface area contributed by atoms with Crippen LogP contribution in [0.2, 0.25) is 0 Å². The fourth-order valence-electron chi connectivity index (χ4n) is 2.22. The van der Waals surface area contributed by atoms with Crippen LogP contribution in [0.25, 0.3) is 0 Å². The minimum atomic E-state index is -0.0184. The van der Waals surface area contributed by atoms with Gasteiger partial charge in [0.25, 0.3) is 0 Å². The van der Waals surface area contributed by atoms with E-state index in [1.54, 1.807) is 0 Å². The molecular formula is C14H27NO2. The number of esters is 1. The van der Waals surface area contributed by atoms with E-state index < -0.39 is 0 Å². The Balaban J connectivity index is 2.04. The number of hydrogen-bond donors (Lipinski definition) is 1. The third kappa shape index (κ3) is 6.67. The Bertz CT molecular complexity index is 220. The molecule has 0 aliphatic heterocycles. The Morgan fingerprint density at radius 3 is 2.53 bits per heavy atom. The first-order chi connectivity index (χ1) is 8.08. The Morgan fingerprint density at radius 2 is 1.94 bits per heavy atom. The van der Waals surface area contributed by atoms with E-state index in [2.05, 4.69) is 26.1 Å². The second-order valence-corrected chi connectivity index (χ2v) is 5.58. The molecule has 1 aliphatic carbocycles. The van der Waals surface area contributed by atoms with Crippen LogP contribution in [0.4, 0.5) is 0 Å². The van der Waals surface area contributed by atoms with Crippen LogP contribution in [0, 0.1) is 5.92 Å². The highest BCUT2D eigenvalue weighted by molar-refractivity contribution is 5.69. The second kappa shape index (κ2) is 7.70. The molecule has 100 valence electrons. The van der Waals surface area contributed by atoms with Crippen LogP contribution < -0.4 is 5.32 Å². The van der Waals surface area contributed by atoms with Gasteiger partial charge in [-0.1, -0.05) is 20.8 Å². The molecule has 0 unspecified atom stereocenters. The number of hydrogen-bond acceptors (Lipinski definition) is 3. The van der Waals surface area contributed by atoms with Crippen LogP contribution in [-0.4, -0.2) is 24.7 Å². The van der Waals surface area contributed by atoms with Crippen LogP contribution in [0.1, 0.15) is 59.3 Å². The summed E-state index contributed by atoms with van der Waals surface area (Å²) < 4.78 is 5.48. The summed E-state index contributed by atoms with van der Waals surface area (Å²) in [5.41, 5.74) is 0. The molecular weight excluding hydrogens is 214 g/mol. The molecule has 0 amide bonds. The number of rotatable bonds is 6. The highest BCUT2D eigenvalue weighted by atomic mass is 16.5. The van der Waals surface area contributed by atoms with Crippen LogP contribution in [0.3, 0.4) is 0 Å². The molecule has 0 saturated heterocycles. The van der Waals surface area contributed by atoms with Crippen LogP contribution in [0.15, 0.2) is 0 Å². The smallest absolute Gasteiger partial charge is 0.306 e. The van der Waals surface area contributed by atoms with Crippen molar-refractivity contribution in [3.05, 3.63) is 0 Å². The molecule has 3 nitrogen and oxygen atoms in total. The summed E-state index contributed by atoms with van der Waals surface area (Å²) in [6.07, 6.45) is 6.12. The lowest BCUT2D eigenvalue weighted by molar-refractivity contribution is -0.151. The molecule has 1 N–H and O–H groups in total. The molecule has 0 heterocycles. The Kier molecular flexibility index (Phi) is 6.56. The lowest BCUT2D eigenvalue weighted by atomic mass is 9.89. The Labute approximate surface area is 105 Å². The molecule has 0 aromatic carbocycles. The summed E-state index contributed by atoms with van der Waals surface area (Å²) in [6, 6.07) is 0.492. The van der Waals surface area contributed by atoms with Crippen molar-refractivity contribution >= 4 is 5.97 Å². The molecule has 0 atom stereocenters. The van der Waals surface area contributed by atoms with Gasteiger partial charge >= 0.3 is 5.97 Å². The van der Waals surface area contributed by atoms with Gasteiger partial charge in [0.1, 0.15) is 6.10 Å². The van der Waals surface area contributed by atoms with Gasteiger partial charge in [-0.2, -0.15) is 0 Å². The first-order valence-electron chi connectivity index (χ1n) is 7.00. The van der Waals surface area contributed by atoms with Gasteiger partial charge in [-0.15, -0.1) is 0 Å². The molecule has 0 aromatic rings. The van der Waals surface area contributed by atoms with Gasteiger partial charge in [0, 0.05) is 12.5 Å². The third-order valence-corrected chi connectivity index (χ3v) is 3.37. The lowest BCUT2D eigenvalue weighted by Crippen LogP contribution is -2.26. The molecule has 1 saturated carbocycles. The van der Waals surface area contributed by atoms with Gasteiger partial charge in [0.05, 0.1) is 0 Å². The summed E-state index contributed by atoms with van der Waals surface area (Å²) in [5, 5.41) is 3.30. The van der Waals surface area contributed by atoms with Crippen molar-refractivity contribution in [2.75, 3.05) is 6.54 Å². The Hall–Kier alpha value is -0.570. The van der Waals surface area contributed by atoms with Crippen molar-refractivity contribution in [1.29, 1.82) is 0 Å². The van der Waals surface area contributed by atoms with E-state index in [1.165, 1.54) is 12.8 Å². The molecule has 0 spiro atoms. The zero-order chi connectivity index (χ0) is 12.7. The first-order valence-corrected chi connectivity index (χ1v) is 7.00. The second-order valence-electron chi connectivity index (χ2n) is 5.58. The first kappa shape index (κ1) is 14.5. The van der Waals surface area contributed by atoms with Crippen molar-refractivity contribution in [2.45, 2.75) is 71.4 Å². The fraction of sp³-hybridized carbons (Fsp3) is 0.929. The SMILES string of the molecule is CC1CCC(OC(=O)CCCNC(C)C)CC1. The third-order valence-electron chi connectivity index (χ3n) is 3.37. The van der Waals surface area contributed by atoms with Crippen LogP contribution in [-0.2, 0) is 9.53 Å². The normalized spacial score (nSPS) is 24.9. The van der Waals surface area contributed by atoms with E-state index >= 15 is 0 Å². The molecule has 0 bridgehead atoms. The molecule has 0 radical (unpaired) electrons. The molecule has 1 fully saturated rings.